The molecular formula is C13H21N3. The molecule has 0 radical (unpaired) electrons. The fraction of sp³-hybridized carbons (Fsp3) is 0.615. The second kappa shape index (κ2) is 5.19. The maximum absolute atomic E-state index is 5.62. The fourth-order valence-corrected chi connectivity index (χ4v) is 2.54. The summed E-state index contributed by atoms with van der Waals surface area (Å²) in [7, 11) is 0. The molecule has 1 aliphatic rings. The van der Waals surface area contributed by atoms with E-state index in [0.717, 1.165) is 6.54 Å². The van der Waals surface area contributed by atoms with Gasteiger partial charge in [-0.15, -0.1) is 0 Å². The lowest BCUT2D eigenvalue weighted by molar-refractivity contribution is 0.434. The summed E-state index contributed by atoms with van der Waals surface area (Å²) < 4.78 is 0. The number of hydrogen-bond acceptors (Lipinski definition) is 3. The maximum Gasteiger partial charge on any atom is 0.123 e. The van der Waals surface area contributed by atoms with Crippen molar-refractivity contribution >= 4 is 11.5 Å². The standard InChI is InChI=1S/C13H21N3/c1-2-5-11-6-3-4-9-16(11)12-7-8-13(14)15-10-12/h7-8,10-11H,2-6,9H2,1H3,(H2,14,15). The van der Waals surface area contributed by atoms with Crippen LogP contribution >= 0.6 is 0 Å². The molecule has 0 saturated carbocycles. The predicted molar refractivity (Wildman–Crippen MR) is 68.5 cm³/mol. The molecule has 1 aromatic heterocycles. The van der Waals surface area contributed by atoms with Crippen molar-refractivity contribution in [2.24, 2.45) is 0 Å². The van der Waals surface area contributed by atoms with Crippen LogP contribution in [-0.2, 0) is 0 Å². The van der Waals surface area contributed by atoms with Gasteiger partial charge in [0.25, 0.3) is 0 Å². The van der Waals surface area contributed by atoms with Gasteiger partial charge in [0, 0.05) is 12.6 Å². The van der Waals surface area contributed by atoms with Gasteiger partial charge in [0.15, 0.2) is 0 Å². The average molecular weight is 219 g/mol. The molecule has 1 aromatic rings. The molecule has 0 bridgehead atoms. The van der Waals surface area contributed by atoms with Crippen LogP contribution in [0.1, 0.15) is 39.0 Å². The molecular weight excluding hydrogens is 198 g/mol. The van der Waals surface area contributed by atoms with Crippen LogP contribution in [0, 0.1) is 0 Å². The summed E-state index contributed by atoms with van der Waals surface area (Å²) in [5, 5.41) is 0. The van der Waals surface area contributed by atoms with Gasteiger partial charge in [0.1, 0.15) is 5.82 Å². The molecule has 0 aromatic carbocycles. The molecule has 16 heavy (non-hydrogen) atoms. The molecule has 1 saturated heterocycles. The van der Waals surface area contributed by atoms with Gasteiger partial charge in [-0.05, 0) is 37.8 Å². The van der Waals surface area contributed by atoms with Crippen LogP contribution in [0.3, 0.4) is 0 Å². The summed E-state index contributed by atoms with van der Waals surface area (Å²) in [6.45, 7) is 3.42. The Balaban J connectivity index is 2.13. The molecule has 1 atom stereocenters. The van der Waals surface area contributed by atoms with Crippen molar-refractivity contribution in [2.45, 2.75) is 45.1 Å². The highest BCUT2D eigenvalue weighted by Crippen LogP contribution is 2.26. The highest BCUT2D eigenvalue weighted by Gasteiger charge is 2.21. The lowest BCUT2D eigenvalue weighted by Gasteiger charge is -2.37. The first-order valence-corrected chi connectivity index (χ1v) is 6.29. The molecule has 3 heteroatoms. The molecule has 1 fully saturated rings. The van der Waals surface area contributed by atoms with Crippen LogP contribution in [-0.4, -0.2) is 17.6 Å². The molecule has 0 amide bonds. The van der Waals surface area contributed by atoms with Crippen molar-refractivity contribution in [1.29, 1.82) is 0 Å². The summed E-state index contributed by atoms with van der Waals surface area (Å²) in [5.74, 6) is 0.604. The number of nitrogens with zero attached hydrogens (tertiary/aromatic N) is 2. The smallest absolute Gasteiger partial charge is 0.123 e. The van der Waals surface area contributed by atoms with E-state index in [1.165, 1.54) is 37.8 Å². The number of piperidine rings is 1. The summed E-state index contributed by atoms with van der Waals surface area (Å²) in [6, 6.07) is 4.69. The van der Waals surface area contributed by atoms with Crippen LogP contribution in [0.25, 0.3) is 0 Å². The quantitative estimate of drug-likeness (QED) is 0.850. The number of hydrogen-bond donors (Lipinski definition) is 1. The van der Waals surface area contributed by atoms with Crippen LogP contribution in [0.4, 0.5) is 11.5 Å². The molecule has 3 nitrogen and oxygen atoms in total. The Hall–Kier alpha value is -1.25. The molecule has 0 aliphatic carbocycles. The first kappa shape index (κ1) is 11.2. The first-order valence-electron chi connectivity index (χ1n) is 6.29. The van der Waals surface area contributed by atoms with E-state index in [4.69, 9.17) is 5.73 Å². The molecule has 2 heterocycles. The van der Waals surface area contributed by atoms with Gasteiger partial charge in [0.2, 0.25) is 0 Å². The lowest BCUT2D eigenvalue weighted by atomic mass is 9.98. The Morgan fingerprint density at radius 3 is 3.00 bits per heavy atom. The monoisotopic (exact) mass is 219 g/mol. The minimum atomic E-state index is 0.604. The van der Waals surface area contributed by atoms with Crippen molar-refractivity contribution in [3.63, 3.8) is 0 Å². The zero-order valence-corrected chi connectivity index (χ0v) is 10.0. The van der Waals surface area contributed by atoms with Crippen molar-refractivity contribution in [2.75, 3.05) is 17.2 Å². The highest BCUT2D eigenvalue weighted by atomic mass is 15.2. The number of rotatable bonds is 3. The second-order valence-corrected chi connectivity index (χ2v) is 4.57. The van der Waals surface area contributed by atoms with E-state index in [1.807, 2.05) is 12.3 Å². The molecule has 2 N–H and O–H groups in total. The van der Waals surface area contributed by atoms with E-state index in [1.54, 1.807) is 0 Å². The zero-order chi connectivity index (χ0) is 11.4. The number of nitrogens with two attached hydrogens (primary N) is 1. The highest BCUT2D eigenvalue weighted by molar-refractivity contribution is 5.49. The third kappa shape index (κ3) is 2.46. The van der Waals surface area contributed by atoms with E-state index in [-0.39, 0.29) is 0 Å². The van der Waals surface area contributed by atoms with Gasteiger partial charge in [0.05, 0.1) is 11.9 Å². The van der Waals surface area contributed by atoms with Crippen LogP contribution < -0.4 is 10.6 Å². The summed E-state index contributed by atoms with van der Waals surface area (Å²) >= 11 is 0. The summed E-state index contributed by atoms with van der Waals surface area (Å²) in [6.07, 6.45) is 8.42. The number of aromatic nitrogens is 1. The number of pyridine rings is 1. The largest absolute Gasteiger partial charge is 0.384 e. The fourth-order valence-electron chi connectivity index (χ4n) is 2.54. The van der Waals surface area contributed by atoms with Crippen LogP contribution in [0.2, 0.25) is 0 Å². The van der Waals surface area contributed by atoms with Gasteiger partial charge in [-0.1, -0.05) is 13.3 Å². The van der Waals surface area contributed by atoms with Crippen molar-refractivity contribution < 1.29 is 0 Å². The van der Waals surface area contributed by atoms with Gasteiger partial charge in [-0.2, -0.15) is 0 Å². The van der Waals surface area contributed by atoms with Gasteiger partial charge in [-0.3, -0.25) is 0 Å². The Morgan fingerprint density at radius 1 is 1.44 bits per heavy atom. The van der Waals surface area contributed by atoms with E-state index < -0.39 is 0 Å². The summed E-state index contributed by atoms with van der Waals surface area (Å²) in [4.78, 5) is 6.68. The molecule has 0 spiro atoms. The van der Waals surface area contributed by atoms with Crippen molar-refractivity contribution in [3.8, 4) is 0 Å². The molecule has 88 valence electrons. The Labute approximate surface area is 97.7 Å². The van der Waals surface area contributed by atoms with E-state index in [2.05, 4.69) is 22.9 Å². The first-order chi connectivity index (χ1) is 7.81. The van der Waals surface area contributed by atoms with Gasteiger partial charge >= 0.3 is 0 Å². The van der Waals surface area contributed by atoms with Crippen molar-refractivity contribution in [3.05, 3.63) is 18.3 Å². The second-order valence-electron chi connectivity index (χ2n) is 4.57. The summed E-state index contributed by atoms with van der Waals surface area (Å²) in [5.41, 5.74) is 6.85. The van der Waals surface area contributed by atoms with E-state index in [9.17, 15) is 0 Å². The van der Waals surface area contributed by atoms with Gasteiger partial charge < -0.3 is 10.6 Å². The molecule has 2 rings (SSSR count). The Bertz CT molecular complexity index is 318. The Morgan fingerprint density at radius 2 is 2.31 bits per heavy atom. The topological polar surface area (TPSA) is 42.1 Å². The normalized spacial score (nSPS) is 21.1. The third-order valence-corrected chi connectivity index (χ3v) is 3.35. The zero-order valence-electron chi connectivity index (χ0n) is 10.0. The van der Waals surface area contributed by atoms with E-state index in [0.29, 0.717) is 11.9 Å². The SMILES string of the molecule is CCCC1CCCCN1c1ccc(N)nc1. The predicted octanol–water partition coefficient (Wildman–Crippen LogP) is 2.82. The van der Waals surface area contributed by atoms with Gasteiger partial charge in [-0.25, -0.2) is 4.98 Å². The third-order valence-electron chi connectivity index (χ3n) is 3.35. The average Bonchev–Trinajstić information content (AvgIpc) is 2.32. The van der Waals surface area contributed by atoms with Crippen molar-refractivity contribution in [1.82, 2.24) is 4.98 Å². The maximum atomic E-state index is 5.62. The molecule has 1 aliphatic heterocycles. The lowest BCUT2D eigenvalue weighted by Crippen LogP contribution is -2.39. The Kier molecular flexibility index (Phi) is 3.65. The number of nitrogen functional groups attached to an aromatic ring is 1. The number of anilines is 2. The molecule has 1 unspecified atom stereocenters. The minimum Gasteiger partial charge on any atom is -0.384 e. The minimum absolute atomic E-state index is 0.604. The van der Waals surface area contributed by atoms with E-state index >= 15 is 0 Å². The van der Waals surface area contributed by atoms with Crippen LogP contribution in [0.15, 0.2) is 18.3 Å². The van der Waals surface area contributed by atoms with Crippen LogP contribution in [0.5, 0.6) is 0 Å².